The molecule has 0 spiro atoms. The van der Waals surface area contributed by atoms with Crippen molar-refractivity contribution in [1.82, 2.24) is 19.5 Å². The largest absolute Gasteiger partial charge is 0.382 e. The highest BCUT2D eigenvalue weighted by Crippen LogP contribution is 2.36. The van der Waals surface area contributed by atoms with Crippen molar-refractivity contribution >= 4 is 17.0 Å². The minimum atomic E-state index is 0.00394. The summed E-state index contributed by atoms with van der Waals surface area (Å²) in [4.78, 5) is 12.5. The third-order valence-corrected chi connectivity index (χ3v) is 3.64. The first-order valence-corrected chi connectivity index (χ1v) is 6.29. The molecule has 1 fully saturated rings. The van der Waals surface area contributed by atoms with Crippen LogP contribution >= 0.6 is 0 Å². The van der Waals surface area contributed by atoms with Crippen LogP contribution in [-0.2, 0) is 4.74 Å². The Kier molecular flexibility index (Phi) is 2.66. The fraction of sp³-hybridized carbons (Fsp3) is 0.583. The van der Waals surface area contributed by atoms with Crippen LogP contribution in [0.2, 0.25) is 0 Å². The Balaban J connectivity index is 1.99. The summed E-state index contributed by atoms with van der Waals surface area (Å²) in [5.74, 6) is 0.966. The summed E-state index contributed by atoms with van der Waals surface area (Å²) in [6.07, 6.45) is 5.53. The van der Waals surface area contributed by atoms with Gasteiger partial charge in [-0.25, -0.2) is 15.0 Å². The number of hydrogen-bond donors (Lipinski definition) is 1. The predicted molar refractivity (Wildman–Crippen MR) is 67.7 cm³/mol. The van der Waals surface area contributed by atoms with E-state index in [9.17, 15) is 0 Å². The monoisotopic (exact) mass is 247 g/mol. The van der Waals surface area contributed by atoms with Crippen molar-refractivity contribution in [2.24, 2.45) is 5.92 Å². The molecular weight excluding hydrogens is 230 g/mol. The Bertz CT molecular complexity index is 567. The Labute approximate surface area is 105 Å². The van der Waals surface area contributed by atoms with E-state index < -0.39 is 0 Å². The van der Waals surface area contributed by atoms with Crippen LogP contribution in [0.25, 0.3) is 11.2 Å². The van der Waals surface area contributed by atoms with Gasteiger partial charge < -0.3 is 10.5 Å². The third kappa shape index (κ3) is 1.64. The summed E-state index contributed by atoms with van der Waals surface area (Å²) in [5, 5.41) is 0. The molecular formula is C12H17N5O. The van der Waals surface area contributed by atoms with E-state index >= 15 is 0 Å². The fourth-order valence-corrected chi connectivity index (χ4v) is 2.62. The molecule has 0 saturated carbocycles. The highest BCUT2D eigenvalue weighted by atomic mass is 16.5. The van der Waals surface area contributed by atoms with Crippen molar-refractivity contribution < 1.29 is 4.74 Å². The van der Waals surface area contributed by atoms with Gasteiger partial charge in [0, 0.05) is 0 Å². The van der Waals surface area contributed by atoms with Crippen molar-refractivity contribution in [1.29, 1.82) is 0 Å². The number of fused-ring (bicyclic) bond motifs is 1. The van der Waals surface area contributed by atoms with Gasteiger partial charge in [-0.15, -0.1) is 0 Å². The van der Waals surface area contributed by atoms with E-state index in [4.69, 9.17) is 10.5 Å². The molecule has 18 heavy (non-hydrogen) atoms. The van der Waals surface area contributed by atoms with Gasteiger partial charge in [0.15, 0.2) is 11.5 Å². The van der Waals surface area contributed by atoms with Crippen molar-refractivity contribution in [3.63, 3.8) is 0 Å². The molecule has 0 aromatic carbocycles. The Morgan fingerprint density at radius 2 is 2.28 bits per heavy atom. The average Bonchev–Trinajstić information content (AvgIpc) is 2.93. The zero-order valence-corrected chi connectivity index (χ0v) is 10.6. The molecule has 0 bridgehead atoms. The number of anilines is 1. The molecule has 96 valence electrons. The summed E-state index contributed by atoms with van der Waals surface area (Å²) in [6.45, 7) is 4.37. The molecule has 0 amide bonds. The average molecular weight is 247 g/mol. The van der Waals surface area contributed by atoms with Gasteiger partial charge in [-0.05, 0) is 18.8 Å². The minimum Gasteiger partial charge on any atom is -0.382 e. The molecule has 2 aromatic rings. The highest BCUT2D eigenvalue weighted by molar-refractivity contribution is 5.81. The molecule has 1 saturated heterocycles. The zero-order chi connectivity index (χ0) is 12.7. The minimum absolute atomic E-state index is 0.00394. The van der Waals surface area contributed by atoms with Crippen LogP contribution in [0.3, 0.4) is 0 Å². The summed E-state index contributed by atoms with van der Waals surface area (Å²) in [6, 6.07) is 0. The van der Waals surface area contributed by atoms with Crippen LogP contribution in [0, 0.1) is 5.92 Å². The zero-order valence-electron chi connectivity index (χ0n) is 10.6. The Morgan fingerprint density at radius 1 is 1.44 bits per heavy atom. The summed E-state index contributed by atoms with van der Waals surface area (Å²) in [7, 11) is 0. The summed E-state index contributed by atoms with van der Waals surface area (Å²) >= 11 is 0. The van der Waals surface area contributed by atoms with Gasteiger partial charge in [0.25, 0.3) is 0 Å². The molecule has 0 radical (unpaired) electrons. The summed E-state index contributed by atoms with van der Waals surface area (Å²) in [5.41, 5.74) is 7.17. The van der Waals surface area contributed by atoms with E-state index in [0.29, 0.717) is 23.4 Å². The van der Waals surface area contributed by atoms with Gasteiger partial charge >= 0.3 is 0 Å². The van der Waals surface area contributed by atoms with Crippen molar-refractivity contribution in [2.75, 3.05) is 5.73 Å². The highest BCUT2D eigenvalue weighted by Gasteiger charge is 2.32. The van der Waals surface area contributed by atoms with Crippen LogP contribution in [0.4, 0.5) is 5.82 Å². The summed E-state index contributed by atoms with van der Waals surface area (Å²) < 4.78 is 7.99. The SMILES string of the molecule is CCC1OC(n2cnc3c(N)ncnc32)CC1C. The topological polar surface area (TPSA) is 78.9 Å². The lowest BCUT2D eigenvalue weighted by molar-refractivity contribution is -0.00304. The van der Waals surface area contributed by atoms with Crippen LogP contribution in [-0.4, -0.2) is 25.6 Å². The van der Waals surface area contributed by atoms with E-state index in [-0.39, 0.29) is 6.23 Å². The number of nitrogens with zero attached hydrogens (tertiary/aromatic N) is 4. The number of nitrogen functional groups attached to an aromatic ring is 1. The number of imidazole rings is 1. The van der Waals surface area contributed by atoms with E-state index in [0.717, 1.165) is 18.5 Å². The van der Waals surface area contributed by atoms with Crippen molar-refractivity contribution in [2.45, 2.75) is 39.0 Å². The molecule has 1 aliphatic rings. The standard InChI is InChI=1S/C12H17N5O/c1-3-8-7(2)4-9(18-8)17-6-16-10-11(13)14-5-15-12(10)17/h5-9H,3-4H2,1-2H3,(H2,13,14,15). The van der Waals surface area contributed by atoms with Crippen LogP contribution in [0.1, 0.15) is 32.9 Å². The molecule has 3 heterocycles. The second-order valence-electron chi connectivity index (χ2n) is 4.83. The molecule has 6 nitrogen and oxygen atoms in total. The second-order valence-corrected chi connectivity index (χ2v) is 4.83. The van der Waals surface area contributed by atoms with Crippen LogP contribution < -0.4 is 5.73 Å². The first-order chi connectivity index (χ1) is 8.70. The smallest absolute Gasteiger partial charge is 0.167 e. The number of aromatic nitrogens is 4. The van der Waals surface area contributed by atoms with Gasteiger partial charge in [-0.1, -0.05) is 13.8 Å². The molecule has 1 aliphatic heterocycles. The quantitative estimate of drug-likeness (QED) is 0.874. The van der Waals surface area contributed by atoms with Gasteiger partial charge in [0.2, 0.25) is 0 Å². The number of ether oxygens (including phenoxy) is 1. The maximum absolute atomic E-state index is 6.04. The van der Waals surface area contributed by atoms with E-state index in [1.807, 2.05) is 4.57 Å². The Morgan fingerprint density at radius 3 is 3.00 bits per heavy atom. The lowest BCUT2D eigenvalue weighted by Gasteiger charge is -2.14. The number of hydrogen-bond acceptors (Lipinski definition) is 5. The lowest BCUT2D eigenvalue weighted by atomic mass is 10.0. The van der Waals surface area contributed by atoms with Crippen molar-refractivity contribution in [3.05, 3.63) is 12.7 Å². The molecule has 0 aliphatic carbocycles. The molecule has 6 heteroatoms. The normalized spacial score (nSPS) is 28.0. The first kappa shape index (κ1) is 11.4. The van der Waals surface area contributed by atoms with E-state index in [2.05, 4.69) is 28.8 Å². The van der Waals surface area contributed by atoms with Crippen LogP contribution in [0.5, 0.6) is 0 Å². The van der Waals surface area contributed by atoms with Gasteiger partial charge in [-0.2, -0.15) is 0 Å². The number of rotatable bonds is 2. The van der Waals surface area contributed by atoms with Gasteiger partial charge in [0.1, 0.15) is 18.1 Å². The molecule has 3 unspecified atom stereocenters. The molecule has 2 aromatic heterocycles. The van der Waals surface area contributed by atoms with Gasteiger partial charge in [-0.3, -0.25) is 4.57 Å². The maximum Gasteiger partial charge on any atom is 0.167 e. The second kappa shape index (κ2) is 4.20. The number of nitrogens with two attached hydrogens (primary N) is 1. The van der Waals surface area contributed by atoms with E-state index in [1.165, 1.54) is 6.33 Å². The lowest BCUT2D eigenvalue weighted by Crippen LogP contribution is -2.12. The molecule has 3 atom stereocenters. The van der Waals surface area contributed by atoms with Crippen LogP contribution in [0.15, 0.2) is 12.7 Å². The van der Waals surface area contributed by atoms with Gasteiger partial charge in [0.05, 0.1) is 12.4 Å². The molecule has 2 N–H and O–H groups in total. The molecule has 3 rings (SSSR count). The first-order valence-electron chi connectivity index (χ1n) is 6.29. The predicted octanol–water partition coefficient (Wildman–Crippen LogP) is 1.74. The fourth-order valence-electron chi connectivity index (χ4n) is 2.62. The van der Waals surface area contributed by atoms with E-state index in [1.54, 1.807) is 6.33 Å². The third-order valence-electron chi connectivity index (χ3n) is 3.64. The Hall–Kier alpha value is -1.69. The van der Waals surface area contributed by atoms with Crippen molar-refractivity contribution in [3.8, 4) is 0 Å². The maximum atomic E-state index is 6.04.